The van der Waals surface area contributed by atoms with Crippen LogP contribution in [0, 0.1) is 13.8 Å². The second-order valence-corrected chi connectivity index (χ2v) is 9.68. The van der Waals surface area contributed by atoms with Gasteiger partial charge in [-0.1, -0.05) is 38.1 Å². The molecule has 2 aliphatic heterocycles. The van der Waals surface area contributed by atoms with E-state index >= 15 is 0 Å². The molecule has 0 amide bonds. The van der Waals surface area contributed by atoms with Crippen molar-refractivity contribution in [2.45, 2.75) is 64.8 Å². The van der Waals surface area contributed by atoms with Crippen LogP contribution in [0.5, 0.6) is 0 Å². The minimum atomic E-state index is 0.0631. The van der Waals surface area contributed by atoms with Crippen molar-refractivity contribution in [2.24, 2.45) is 0 Å². The number of fused-ring (bicyclic) bond motifs is 2. The molecule has 0 fully saturated rings. The maximum absolute atomic E-state index is 2.51. The van der Waals surface area contributed by atoms with E-state index in [1.807, 2.05) is 0 Å². The van der Waals surface area contributed by atoms with E-state index in [1.54, 1.807) is 0 Å². The number of anilines is 1. The molecule has 0 spiro atoms. The lowest BCUT2D eigenvalue weighted by Gasteiger charge is -2.33. The first-order chi connectivity index (χ1) is 12.6. The molecule has 0 aromatic heterocycles. The van der Waals surface area contributed by atoms with Crippen LogP contribution < -0.4 is 4.90 Å². The number of nitrogens with zero attached hydrogens (tertiary/aromatic N) is 2. The molecule has 1 atom stereocenters. The summed E-state index contributed by atoms with van der Waals surface area (Å²) in [6, 6.07) is 14.1. The number of para-hydroxylation sites is 1. The molecule has 2 aromatic carbocycles. The third kappa shape index (κ3) is 2.42. The van der Waals surface area contributed by atoms with E-state index in [0.29, 0.717) is 6.04 Å². The van der Waals surface area contributed by atoms with Gasteiger partial charge in [-0.25, -0.2) is 4.58 Å². The molecule has 0 bridgehead atoms. The van der Waals surface area contributed by atoms with Gasteiger partial charge in [0.1, 0.15) is 7.05 Å². The van der Waals surface area contributed by atoms with Gasteiger partial charge in [-0.2, -0.15) is 0 Å². The SMILES string of the molecule is Cc1cc(C)c2c(c1)[N+](C)=C(CC1N(C)c3ccccc3C1(C)C)C2(C)C. The molecule has 0 N–H and O–H groups in total. The van der Waals surface area contributed by atoms with E-state index in [4.69, 9.17) is 0 Å². The average Bonchev–Trinajstić information content (AvgIpc) is 2.89. The zero-order chi connectivity index (χ0) is 19.7. The quantitative estimate of drug-likeness (QED) is 0.641. The molecule has 2 heterocycles. The molecule has 0 aliphatic carbocycles. The van der Waals surface area contributed by atoms with Crippen LogP contribution in [0.2, 0.25) is 0 Å². The number of aryl methyl sites for hydroxylation is 2. The maximum atomic E-state index is 2.51. The molecule has 0 radical (unpaired) electrons. The van der Waals surface area contributed by atoms with E-state index < -0.39 is 0 Å². The summed E-state index contributed by atoms with van der Waals surface area (Å²) in [5, 5.41) is 0. The zero-order valence-electron chi connectivity index (χ0n) is 18.1. The smallest absolute Gasteiger partial charge is 0.209 e. The minimum Gasteiger partial charge on any atom is -0.370 e. The van der Waals surface area contributed by atoms with Crippen LogP contribution in [0.25, 0.3) is 0 Å². The molecule has 0 saturated carbocycles. The zero-order valence-corrected chi connectivity index (χ0v) is 18.1. The predicted molar refractivity (Wildman–Crippen MR) is 116 cm³/mol. The van der Waals surface area contributed by atoms with Gasteiger partial charge in [0, 0.05) is 35.8 Å². The number of hydrogen-bond donors (Lipinski definition) is 0. The van der Waals surface area contributed by atoms with Crippen molar-refractivity contribution >= 4 is 17.1 Å². The summed E-state index contributed by atoms with van der Waals surface area (Å²) in [5.41, 5.74) is 10.2. The lowest BCUT2D eigenvalue weighted by Crippen LogP contribution is -2.44. The second-order valence-electron chi connectivity index (χ2n) is 9.68. The van der Waals surface area contributed by atoms with Crippen molar-refractivity contribution in [1.82, 2.24) is 0 Å². The molecule has 4 rings (SSSR count). The van der Waals surface area contributed by atoms with Gasteiger partial charge < -0.3 is 4.90 Å². The lowest BCUT2D eigenvalue weighted by atomic mass is 9.73. The summed E-state index contributed by atoms with van der Waals surface area (Å²) < 4.78 is 2.47. The third-order valence-corrected chi connectivity index (χ3v) is 7.24. The Morgan fingerprint density at radius 3 is 2.37 bits per heavy atom. The summed E-state index contributed by atoms with van der Waals surface area (Å²) in [5.74, 6) is 0. The highest BCUT2D eigenvalue weighted by molar-refractivity contribution is 5.96. The van der Waals surface area contributed by atoms with Crippen LogP contribution in [0.3, 0.4) is 0 Å². The van der Waals surface area contributed by atoms with Crippen LogP contribution in [0.1, 0.15) is 56.4 Å². The molecule has 2 nitrogen and oxygen atoms in total. The average molecular weight is 362 g/mol. The van der Waals surface area contributed by atoms with Crippen molar-refractivity contribution in [1.29, 1.82) is 0 Å². The van der Waals surface area contributed by atoms with Gasteiger partial charge in [0.05, 0.1) is 11.8 Å². The van der Waals surface area contributed by atoms with Crippen molar-refractivity contribution < 1.29 is 4.58 Å². The fourth-order valence-corrected chi connectivity index (χ4v) is 5.86. The highest BCUT2D eigenvalue weighted by atomic mass is 15.2. The third-order valence-electron chi connectivity index (χ3n) is 7.24. The maximum Gasteiger partial charge on any atom is 0.209 e. The topological polar surface area (TPSA) is 6.25 Å². The summed E-state index contributed by atoms with van der Waals surface area (Å²) in [6.45, 7) is 14.1. The number of benzene rings is 2. The first-order valence-electron chi connectivity index (χ1n) is 10.1. The van der Waals surface area contributed by atoms with Gasteiger partial charge in [-0.3, -0.25) is 0 Å². The number of hydrogen-bond acceptors (Lipinski definition) is 1. The highest BCUT2D eigenvalue weighted by Gasteiger charge is 2.50. The lowest BCUT2D eigenvalue weighted by molar-refractivity contribution is -0.404. The first-order valence-corrected chi connectivity index (χ1v) is 10.1. The second kappa shape index (κ2) is 5.70. The summed E-state index contributed by atoms with van der Waals surface area (Å²) in [4.78, 5) is 2.51. The Balaban J connectivity index is 1.79. The standard InChI is InChI=1S/C25H33N2/c1-16-13-17(2)23-20(14-16)27(8)22(25(23,5)6)15-21-24(3,4)18-11-9-10-12-19(18)26(21)7/h9-14,21H,15H2,1-8H3/q+1. The van der Waals surface area contributed by atoms with Crippen molar-refractivity contribution in [3.63, 3.8) is 0 Å². The number of likely N-dealkylation sites (N-methyl/N-ethyl adjacent to an activating group) is 1. The van der Waals surface area contributed by atoms with Crippen LogP contribution in [0.15, 0.2) is 36.4 Å². The summed E-state index contributed by atoms with van der Waals surface area (Å²) in [6.07, 6.45) is 1.08. The van der Waals surface area contributed by atoms with Gasteiger partial charge in [0.15, 0.2) is 5.71 Å². The first kappa shape index (κ1) is 18.3. The molecule has 2 heteroatoms. The van der Waals surface area contributed by atoms with E-state index in [0.717, 1.165) is 6.42 Å². The fourth-order valence-electron chi connectivity index (χ4n) is 5.86. The Morgan fingerprint density at radius 2 is 1.70 bits per heavy atom. The molecule has 142 valence electrons. The van der Waals surface area contributed by atoms with E-state index in [-0.39, 0.29) is 10.8 Å². The Morgan fingerprint density at radius 1 is 1.04 bits per heavy atom. The van der Waals surface area contributed by atoms with E-state index in [1.165, 1.54) is 39.3 Å². The molecule has 2 aliphatic rings. The molecule has 0 saturated heterocycles. The van der Waals surface area contributed by atoms with Crippen LogP contribution in [-0.2, 0) is 10.8 Å². The molecule has 27 heavy (non-hydrogen) atoms. The van der Waals surface area contributed by atoms with Crippen molar-refractivity contribution in [2.75, 3.05) is 19.0 Å². The molecule has 1 unspecified atom stereocenters. The van der Waals surface area contributed by atoms with Gasteiger partial charge in [-0.05, 0) is 50.5 Å². The van der Waals surface area contributed by atoms with Gasteiger partial charge in [-0.15, -0.1) is 0 Å². The summed E-state index contributed by atoms with van der Waals surface area (Å²) >= 11 is 0. The van der Waals surface area contributed by atoms with Crippen molar-refractivity contribution in [3.8, 4) is 0 Å². The monoisotopic (exact) mass is 361 g/mol. The van der Waals surface area contributed by atoms with Crippen LogP contribution >= 0.6 is 0 Å². The van der Waals surface area contributed by atoms with Gasteiger partial charge in [0.2, 0.25) is 5.69 Å². The van der Waals surface area contributed by atoms with Gasteiger partial charge >= 0.3 is 0 Å². The van der Waals surface area contributed by atoms with Crippen molar-refractivity contribution in [3.05, 3.63) is 58.7 Å². The van der Waals surface area contributed by atoms with E-state index in [9.17, 15) is 0 Å². The van der Waals surface area contributed by atoms with Gasteiger partial charge in [0.25, 0.3) is 0 Å². The predicted octanol–water partition coefficient (Wildman–Crippen LogP) is 5.50. The normalized spacial score (nSPS) is 22.2. The Hall–Kier alpha value is -2.09. The minimum absolute atomic E-state index is 0.0631. The number of rotatable bonds is 2. The fraction of sp³-hybridized carbons (Fsp3) is 0.480. The highest BCUT2D eigenvalue weighted by Crippen LogP contribution is 2.48. The molecular weight excluding hydrogens is 328 g/mol. The van der Waals surface area contributed by atoms with Crippen LogP contribution in [-0.4, -0.2) is 30.4 Å². The Bertz CT molecular complexity index is 962. The van der Waals surface area contributed by atoms with Crippen LogP contribution in [0.4, 0.5) is 11.4 Å². The largest absolute Gasteiger partial charge is 0.370 e. The Kier molecular flexibility index (Phi) is 3.86. The Labute approximate surface area is 164 Å². The summed E-state index contributed by atoms with van der Waals surface area (Å²) in [7, 11) is 4.53. The molecular formula is C25H33N2+. The molecule has 2 aromatic rings. The van der Waals surface area contributed by atoms with E-state index in [2.05, 4.69) is 102 Å².